The highest BCUT2D eigenvalue weighted by molar-refractivity contribution is 6.29. The minimum atomic E-state index is 0.471. The molecule has 0 aliphatic heterocycles. The van der Waals surface area contributed by atoms with Gasteiger partial charge in [0.15, 0.2) is 5.69 Å². The molecule has 0 unspecified atom stereocenters. The van der Waals surface area contributed by atoms with E-state index in [9.17, 15) is 5.26 Å². The highest BCUT2D eigenvalue weighted by atomic mass is 15.2. The molecule has 306 valence electrons. The molecule has 2 fully saturated rings. The van der Waals surface area contributed by atoms with Crippen LogP contribution in [0.1, 0.15) is 115 Å². The zero-order chi connectivity index (χ0) is 42.5. The van der Waals surface area contributed by atoms with E-state index in [1.807, 2.05) is 24.3 Å². The molecule has 4 heteroatoms. The fourth-order valence-electron chi connectivity index (χ4n) is 11.3. The summed E-state index contributed by atoms with van der Waals surface area (Å²) in [6.07, 6.45) is 12.4. The van der Waals surface area contributed by atoms with Gasteiger partial charge in [0, 0.05) is 33.5 Å². The highest BCUT2D eigenvalue weighted by Gasteiger charge is 2.29. The van der Waals surface area contributed by atoms with Crippen molar-refractivity contribution in [3.63, 3.8) is 0 Å². The fourth-order valence-corrected chi connectivity index (χ4v) is 11.3. The van der Waals surface area contributed by atoms with Crippen molar-refractivity contribution in [3.05, 3.63) is 172 Å². The van der Waals surface area contributed by atoms with E-state index < -0.39 is 0 Å². The van der Waals surface area contributed by atoms with Crippen molar-refractivity contribution >= 4 is 72.1 Å². The van der Waals surface area contributed by atoms with E-state index in [1.54, 1.807) is 0 Å². The lowest BCUT2D eigenvalue weighted by atomic mass is 9.77. The maximum absolute atomic E-state index is 9.85. The molecule has 62 heavy (non-hydrogen) atoms. The Morgan fingerprint density at radius 2 is 0.855 bits per heavy atom. The highest BCUT2D eigenvalue weighted by Crippen LogP contribution is 2.53. The third-order valence-corrected chi connectivity index (χ3v) is 13.9. The van der Waals surface area contributed by atoms with Gasteiger partial charge in [-0.2, -0.15) is 5.26 Å². The SMILES string of the molecule is [C-]#[N+]c1ccc(N(c2cc(C)cc(C)c2)c2cc(C3CCCCC3)c3ccc4c(N(c5ccc(C#N)cc5)c5cc(C)cc(C)c5)cc(C5CCCCC5)c5ccc2c3c54)cc1. The Balaban J connectivity index is 1.34. The molecule has 0 atom stereocenters. The Kier molecular flexibility index (Phi) is 10.4. The molecule has 0 amide bonds. The van der Waals surface area contributed by atoms with Gasteiger partial charge in [0.25, 0.3) is 0 Å². The molecule has 10 rings (SSSR count). The van der Waals surface area contributed by atoms with Gasteiger partial charge < -0.3 is 9.80 Å². The Morgan fingerprint density at radius 1 is 0.468 bits per heavy atom. The van der Waals surface area contributed by atoms with Gasteiger partial charge in [-0.15, -0.1) is 0 Å². The van der Waals surface area contributed by atoms with Crippen molar-refractivity contribution in [1.29, 1.82) is 5.26 Å². The summed E-state index contributed by atoms with van der Waals surface area (Å²) in [5.74, 6) is 0.944. The van der Waals surface area contributed by atoms with Crippen molar-refractivity contribution < 1.29 is 0 Å². The summed E-state index contributed by atoms with van der Waals surface area (Å²) in [5.41, 5.74) is 15.9. The van der Waals surface area contributed by atoms with Crippen molar-refractivity contribution in [3.8, 4) is 6.07 Å². The number of hydrogen-bond acceptors (Lipinski definition) is 3. The second kappa shape index (κ2) is 16.3. The summed E-state index contributed by atoms with van der Waals surface area (Å²) in [5, 5.41) is 17.8. The first-order valence-corrected chi connectivity index (χ1v) is 22.8. The maximum Gasteiger partial charge on any atom is 0.187 e. The molecule has 8 aromatic carbocycles. The van der Waals surface area contributed by atoms with Crippen LogP contribution in [0.15, 0.2) is 121 Å². The minimum absolute atomic E-state index is 0.471. The fraction of sp³-hybridized carbons (Fsp3) is 0.276. The lowest BCUT2D eigenvalue weighted by Gasteiger charge is -2.33. The molecule has 0 aromatic heterocycles. The largest absolute Gasteiger partial charge is 0.310 e. The topological polar surface area (TPSA) is 34.6 Å². The van der Waals surface area contributed by atoms with E-state index in [1.165, 1.54) is 141 Å². The smallest absolute Gasteiger partial charge is 0.187 e. The van der Waals surface area contributed by atoms with Crippen LogP contribution < -0.4 is 9.80 Å². The van der Waals surface area contributed by atoms with E-state index in [0.717, 1.165) is 22.7 Å². The van der Waals surface area contributed by atoms with Crippen LogP contribution in [0.4, 0.5) is 39.8 Å². The van der Waals surface area contributed by atoms with E-state index in [0.29, 0.717) is 23.1 Å². The summed E-state index contributed by atoms with van der Waals surface area (Å²) in [4.78, 5) is 8.70. The number of nitriles is 1. The monoisotopic (exact) mass is 806 g/mol. The number of nitrogens with zero attached hydrogens (tertiary/aromatic N) is 4. The molecule has 2 aliphatic rings. The van der Waals surface area contributed by atoms with Crippen molar-refractivity contribution in [2.45, 2.75) is 104 Å². The molecule has 0 bridgehead atoms. The second-order valence-electron chi connectivity index (χ2n) is 18.4. The van der Waals surface area contributed by atoms with Crippen LogP contribution in [-0.4, -0.2) is 0 Å². The van der Waals surface area contributed by atoms with Crippen molar-refractivity contribution in [1.82, 2.24) is 0 Å². The van der Waals surface area contributed by atoms with Crippen molar-refractivity contribution in [2.24, 2.45) is 0 Å². The van der Waals surface area contributed by atoms with Gasteiger partial charge >= 0.3 is 0 Å². The lowest BCUT2D eigenvalue weighted by molar-refractivity contribution is 0.445. The first kappa shape index (κ1) is 39.5. The van der Waals surface area contributed by atoms with Gasteiger partial charge in [-0.25, -0.2) is 4.85 Å². The van der Waals surface area contributed by atoms with E-state index in [4.69, 9.17) is 6.57 Å². The van der Waals surface area contributed by atoms with E-state index in [2.05, 4.69) is 145 Å². The molecule has 0 radical (unpaired) electrons. The summed E-state index contributed by atoms with van der Waals surface area (Å²) in [6.45, 7) is 16.5. The Hall–Kier alpha value is -6.62. The number of aryl methyl sites for hydroxylation is 4. The van der Waals surface area contributed by atoms with Crippen LogP contribution in [0.2, 0.25) is 0 Å². The zero-order valence-corrected chi connectivity index (χ0v) is 36.6. The summed E-state index contributed by atoms with van der Waals surface area (Å²) in [7, 11) is 0. The molecule has 8 aromatic rings. The molecule has 2 saturated carbocycles. The molecular formula is C58H54N4. The number of anilines is 6. The number of benzene rings is 8. The van der Waals surface area contributed by atoms with Gasteiger partial charge in [-0.05, 0) is 193 Å². The van der Waals surface area contributed by atoms with Gasteiger partial charge in [-0.1, -0.05) is 87.1 Å². The van der Waals surface area contributed by atoms with Crippen LogP contribution in [-0.2, 0) is 0 Å². The van der Waals surface area contributed by atoms with Crippen LogP contribution in [0.5, 0.6) is 0 Å². The zero-order valence-electron chi connectivity index (χ0n) is 36.6. The van der Waals surface area contributed by atoms with Crippen LogP contribution >= 0.6 is 0 Å². The average molecular weight is 807 g/mol. The molecule has 2 aliphatic carbocycles. The van der Waals surface area contributed by atoms with Gasteiger partial charge in [0.2, 0.25) is 0 Å². The summed E-state index contributed by atoms with van der Waals surface area (Å²) in [6, 6.07) is 47.3. The van der Waals surface area contributed by atoms with Gasteiger partial charge in [0.05, 0.1) is 29.6 Å². The molecule has 4 nitrogen and oxygen atoms in total. The quantitative estimate of drug-likeness (QED) is 0.113. The van der Waals surface area contributed by atoms with Gasteiger partial charge in [-0.3, -0.25) is 0 Å². The normalized spacial score (nSPS) is 14.9. The third-order valence-electron chi connectivity index (χ3n) is 13.9. The molecule has 0 saturated heterocycles. The van der Waals surface area contributed by atoms with Crippen LogP contribution in [0.25, 0.3) is 37.2 Å². The van der Waals surface area contributed by atoms with E-state index >= 15 is 0 Å². The van der Waals surface area contributed by atoms with Gasteiger partial charge in [0.1, 0.15) is 0 Å². The first-order valence-electron chi connectivity index (χ1n) is 22.8. The Bertz CT molecular complexity index is 2790. The van der Waals surface area contributed by atoms with Crippen LogP contribution in [0.3, 0.4) is 0 Å². The number of rotatable bonds is 8. The predicted molar refractivity (Wildman–Crippen MR) is 261 cm³/mol. The number of hydrogen-bond donors (Lipinski definition) is 0. The summed E-state index contributed by atoms with van der Waals surface area (Å²) >= 11 is 0. The van der Waals surface area contributed by atoms with Crippen molar-refractivity contribution in [2.75, 3.05) is 9.80 Å². The average Bonchev–Trinajstić information content (AvgIpc) is 3.29. The lowest BCUT2D eigenvalue weighted by Crippen LogP contribution is -2.15. The Morgan fingerprint density at radius 3 is 1.24 bits per heavy atom. The molecule has 0 heterocycles. The molecular weight excluding hydrogens is 753 g/mol. The second-order valence-corrected chi connectivity index (χ2v) is 18.4. The summed E-state index contributed by atoms with van der Waals surface area (Å²) < 4.78 is 0. The maximum atomic E-state index is 9.85. The predicted octanol–water partition coefficient (Wildman–Crippen LogP) is 17.3. The first-order chi connectivity index (χ1) is 30.3. The third kappa shape index (κ3) is 7.12. The minimum Gasteiger partial charge on any atom is -0.310 e. The molecule has 0 spiro atoms. The molecule has 0 N–H and O–H groups in total. The van der Waals surface area contributed by atoms with E-state index in [-0.39, 0.29) is 0 Å². The van der Waals surface area contributed by atoms with Crippen LogP contribution in [0, 0.1) is 45.6 Å². The Labute approximate surface area is 367 Å². The standard InChI is InChI=1S/C58H54N4/c1-37-28-38(2)31-47(30-37)61(45-20-16-41(36-59)17-21-45)55-34-53(42-12-8-6-9-13-42)49-25-27-52-56(35-54(43-14-10-7-11-15-43)50-24-26-51(55)57(49)58(50)52)62(46-22-18-44(60-5)19-23-46)48-32-39(3)29-40(4)33-48/h16-35,42-43H,6-15H2,1-4H3.